The smallest absolute Gasteiger partial charge is 0.243 e. The summed E-state index contributed by atoms with van der Waals surface area (Å²) in [6.45, 7) is 10.7. The Bertz CT molecular complexity index is 1170. The molecule has 0 heterocycles. The Kier molecular flexibility index (Phi) is 10.2. The summed E-state index contributed by atoms with van der Waals surface area (Å²) >= 11 is 0. The van der Waals surface area contributed by atoms with Crippen LogP contribution in [0.4, 0.5) is 4.39 Å². The van der Waals surface area contributed by atoms with E-state index in [9.17, 15) is 14.0 Å². The van der Waals surface area contributed by atoms with Crippen LogP contribution in [0.15, 0.2) is 78.9 Å². The van der Waals surface area contributed by atoms with Gasteiger partial charge < -0.3 is 10.2 Å². The number of nitrogens with zero attached hydrogens (tertiary/aromatic N) is 1. The zero-order valence-electron chi connectivity index (χ0n) is 23.3. The first kappa shape index (κ1) is 29.1. The lowest BCUT2D eigenvalue weighted by atomic mass is 9.86. The molecule has 5 heteroatoms. The maximum atomic E-state index is 13.8. The summed E-state index contributed by atoms with van der Waals surface area (Å²) in [5.41, 5.74) is 4.15. The highest BCUT2D eigenvalue weighted by molar-refractivity contribution is 5.88. The maximum absolute atomic E-state index is 13.8. The quantitative estimate of drug-likeness (QED) is 0.312. The molecular formula is C33H41FN2O2. The molecule has 3 aromatic carbocycles. The monoisotopic (exact) mass is 516 g/mol. The van der Waals surface area contributed by atoms with E-state index < -0.39 is 6.04 Å². The molecule has 202 valence electrons. The van der Waals surface area contributed by atoms with Gasteiger partial charge in [0.2, 0.25) is 11.8 Å². The van der Waals surface area contributed by atoms with Crippen LogP contribution in [-0.4, -0.2) is 28.8 Å². The van der Waals surface area contributed by atoms with E-state index in [4.69, 9.17) is 0 Å². The Morgan fingerprint density at radius 3 is 2.05 bits per heavy atom. The summed E-state index contributed by atoms with van der Waals surface area (Å²) in [5, 5.41) is 3.08. The Morgan fingerprint density at radius 2 is 1.47 bits per heavy atom. The SMILES string of the molecule is CC[C@H](C)NC(=O)[C@@H](Cc1ccccc1)N(Cc1ccc(F)cc1)C(=O)CCc1ccc(C(C)(C)C)cc1. The molecule has 0 bridgehead atoms. The molecule has 38 heavy (non-hydrogen) atoms. The average Bonchev–Trinajstić information content (AvgIpc) is 2.90. The first-order valence-electron chi connectivity index (χ1n) is 13.5. The second-order valence-electron chi connectivity index (χ2n) is 11.1. The minimum absolute atomic E-state index is 0.00937. The first-order chi connectivity index (χ1) is 18.1. The second-order valence-corrected chi connectivity index (χ2v) is 11.1. The van der Waals surface area contributed by atoms with Crippen LogP contribution < -0.4 is 5.32 Å². The number of nitrogens with one attached hydrogen (secondary N) is 1. The van der Waals surface area contributed by atoms with Crippen LogP contribution in [0.5, 0.6) is 0 Å². The van der Waals surface area contributed by atoms with Crippen molar-refractivity contribution in [3.8, 4) is 0 Å². The highest BCUT2D eigenvalue weighted by Crippen LogP contribution is 2.23. The summed E-state index contributed by atoms with van der Waals surface area (Å²) in [5.74, 6) is -0.608. The van der Waals surface area contributed by atoms with E-state index >= 15 is 0 Å². The molecule has 1 N–H and O–H groups in total. The van der Waals surface area contributed by atoms with Crippen molar-refractivity contribution in [2.24, 2.45) is 0 Å². The van der Waals surface area contributed by atoms with Crippen LogP contribution >= 0.6 is 0 Å². The average molecular weight is 517 g/mol. The number of halogens is 1. The normalized spacial score (nSPS) is 13.0. The minimum Gasteiger partial charge on any atom is -0.352 e. The molecule has 0 saturated heterocycles. The highest BCUT2D eigenvalue weighted by atomic mass is 19.1. The molecule has 2 amide bonds. The van der Waals surface area contributed by atoms with Crippen LogP contribution in [-0.2, 0) is 34.4 Å². The Hall–Kier alpha value is -3.47. The summed E-state index contributed by atoms with van der Waals surface area (Å²) in [7, 11) is 0. The highest BCUT2D eigenvalue weighted by Gasteiger charge is 2.30. The topological polar surface area (TPSA) is 49.4 Å². The summed E-state index contributed by atoms with van der Waals surface area (Å²) in [4.78, 5) is 29.0. The van der Waals surface area contributed by atoms with Gasteiger partial charge in [0.1, 0.15) is 11.9 Å². The summed E-state index contributed by atoms with van der Waals surface area (Å²) in [6, 6.07) is 23.6. The molecule has 3 aromatic rings. The Morgan fingerprint density at radius 1 is 0.868 bits per heavy atom. The molecule has 0 unspecified atom stereocenters. The van der Waals surface area contributed by atoms with Gasteiger partial charge in [-0.25, -0.2) is 4.39 Å². The van der Waals surface area contributed by atoms with Crippen molar-refractivity contribution in [3.05, 3.63) is 107 Å². The molecule has 0 aliphatic rings. The lowest BCUT2D eigenvalue weighted by Gasteiger charge is -2.32. The fourth-order valence-electron chi connectivity index (χ4n) is 4.35. The number of hydrogen-bond donors (Lipinski definition) is 1. The molecule has 2 atom stereocenters. The van der Waals surface area contributed by atoms with E-state index in [0.29, 0.717) is 12.8 Å². The van der Waals surface area contributed by atoms with E-state index in [1.165, 1.54) is 17.7 Å². The molecule has 0 fully saturated rings. The largest absolute Gasteiger partial charge is 0.352 e. The molecule has 4 nitrogen and oxygen atoms in total. The number of amides is 2. The maximum Gasteiger partial charge on any atom is 0.243 e. The van der Waals surface area contributed by atoms with Crippen LogP contribution in [0.1, 0.15) is 69.7 Å². The lowest BCUT2D eigenvalue weighted by molar-refractivity contribution is -0.141. The van der Waals surface area contributed by atoms with E-state index in [2.05, 4.69) is 50.4 Å². The van der Waals surface area contributed by atoms with E-state index in [1.807, 2.05) is 44.2 Å². The molecule has 0 saturated carbocycles. The van der Waals surface area contributed by atoms with Gasteiger partial charge in [-0.15, -0.1) is 0 Å². The predicted molar refractivity (Wildman–Crippen MR) is 152 cm³/mol. The third-order valence-corrected chi connectivity index (χ3v) is 6.99. The molecule has 0 aromatic heterocycles. The van der Waals surface area contributed by atoms with Crippen molar-refractivity contribution >= 4 is 11.8 Å². The Balaban J connectivity index is 1.88. The van der Waals surface area contributed by atoms with Gasteiger partial charge >= 0.3 is 0 Å². The fourth-order valence-corrected chi connectivity index (χ4v) is 4.35. The van der Waals surface area contributed by atoms with Gasteiger partial charge in [-0.2, -0.15) is 0 Å². The van der Waals surface area contributed by atoms with Gasteiger partial charge in [0.15, 0.2) is 0 Å². The summed E-state index contributed by atoms with van der Waals surface area (Å²) < 4.78 is 13.6. The molecule has 0 aliphatic carbocycles. The first-order valence-corrected chi connectivity index (χ1v) is 13.5. The molecule has 3 rings (SSSR count). The van der Waals surface area contributed by atoms with E-state index in [1.54, 1.807) is 17.0 Å². The van der Waals surface area contributed by atoms with Crippen molar-refractivity contribution < 1.29 is 14.0 Å². The van der Waals surface area contributed by atoms with Gasteiger partial charge in [-0.3, -0.25) is 9.59 Å². The van der Waals surface area contributed by atoms with Crippen LogP contribution in [0.2, 0.25) is 0 Å². The van der Waals surface area contributed by atoms with Crippen LogP contribution in [0.3, 0.4) is 0 Å². The molecular weight excluding hydrogens is 475 g/mol. The molecule has 0 aliphatic heterocycles. The number of rotatable bonds is 11. The zero-order chi connectivity index (χ0) is 27.7. The summed E-state index contributed by atoms with van der Waals surface area (Å²) in [6.07, 6.45) is 2.04. The van der Waals surface area contributed by atoms with E-state index in [-0.39, 0.29) is 42.1 Å². The van der Waals surface area contributed by atoms with Crippen molar-refractivity contribution in [3.63, 3.8) is 0 Å². The number of aryl methyl sites for hydroxylation is 1. The number of benzene rings is 3. The van der Waals surface area contributed by atoms with Gasteiger partial charge in [0.05, 0.1) is 0 Å². The number of carbonyl (C=O) groups excluding carboxylic acids is 2. The van der Waals surface area contributed by atoms with Gasteiger partial charge in [-0.05, 0) is 59.6 Å². The van der Waals surface area contributed by atoms with Gasteiger partial charge in [0, 0.05) is 25.4 Å². The fraction of sp³-hybridized carbons (Fsp3) is 0.394. The van der Waals surface area contributed by atoms with Crippen molar-refractivity contribution in [1.82, 2.24) is 10.2 Å². The zero-order valence-corrected chi connectivity index (χ0v) is 23.3. The van der Waals surface area contributed by atoms with Gasteiger partial charge in [-0.1, -0.05) is 94.4 Å². The standard InChI is InChI=1S/C33H41FN2O2/c1-6-24(2)35-32(38)30(22-26-10-8-7-9-11-26)36(23-27-14-19-29(34)20-15-27)31(37)21-16-25-12-17-28(18-13-25)33(3,4)5/h7-15,17-20,24,30H,6,16,21-23H2,1-5H3,(H,35,38)/t24-,30+/m0/s1. The number of carbonyl (C=O) groups is 2. The van der Waals surface area contributed by atoms with Crippen molar-refractivity contribution in [2.45, 2.75) is 84.3 Å². The minimum atomic E-state index is -0.688. The Labute approximate surface area is 227 Å². The van der Waals surface area contributed by atoms with Crippen LogP contribution in [0.25, 0.3) is 0 Å². The molecule has 0 spiro atoms. The van der Waals surface area contributed by atoms with Gasteiger partial charge in [0.25, 0.3) is 0 Å². The van der Waals surface area contributed by atoms with Crippen molar-refractivity contribution in [2.75, 3.05) is 0 Å². The number of hydrogen-bond acceptors (Lipinski definition) is 2. The third-order valence-electron chi connectivity index (χ3n) is 6.99. The van der Waals surface area contributed by atoms with E-state index in [0.717, 1.165) is 23.1 Å². The lowest BCUT2D eigenvalue weighted by Crippen LogP contribution is -2.52. The van der Waals surface area contributed by atoms with Crippen LogP contribution in [0, 0.1) is 5.82 Å². The van der Waals surface area contributed by atoms with Crippen molar-refractivity contribution in [1.29, 1.82) is 0 Å². The third kappa shape index (κ3) is 8.54. The molecule has 0 radical (unpaired) electrons. The predicted octanol–water partition coefficient (Wildman–Crippen LogP) is 6.61. The second kappa shape index (κ2) is 13.4.